The van der Waals surface area contributed by atoms with Crippen LogP contribution in [0.4, 0.5) is 17.1 Å². The molecule has 278 valence electrons. The van der Waals surface area contributed by atoms with Gasteiger partial charge in [-0.2, -0.15) is 0 Å². The molecule has 4 aliphatic heterocycles. The highest BCUT2D eigenvalue weighted by atomic mass is 16.5. The zero-order valence-electron chi connectivity index (χ0n) is 32.4. The molecule has 9 aromatic rings. The lowest BCUT2D eigenvalue weighted by Gasteiger charge is -2.41. The molecule has 0 saturated heterocycles. The number of hydrogen-bond acceptors (Lipinski definition) is 4. The van der Waals surface area contributed by atoms with Crippen molar-refractivity contribution >= 4 is 63.3 Å². The first-order valence-electron chi connectivity index (χ1n) is 20.6. The largest absolute Gasteiger partial charge is 0.458 e. The molecule has 0 N–H and O–H groups in total. The van der Waals surface area contributed by atoms with Gasteiger partial charge in [0.15, 0.2) is 0 Å². The van der Waals surface area contributed by atoms with Gasteiger partial charge in [-0.15, -0.1) is 0 Å². The summed E-state index contributed by atoms with van der Waals surface area (Å²) in [6.45, 7) is -0.185. The second-order valence-corrected chi connectivity index (χ2v) is 15.9. The van der Waals surface area contributed by atoms with Gasteiger partial charge in [0.2, 0.25) is 0 Å². The van der Waals surface area contributed by atoms with E-state index in [0.717, 1.165) is 107 Å². The monoisotopic (exact) mass is 765 g/mol. The fourth-order valence-corrected chi connectivity index (χ4v) is 10.0. The van der Waals surface area contributed by atoms with Crippen molar-refractivity contribution in [2.75, 3.05) is 4.90 Å². The molecule has 0 amide bonds. The summed E-state index contributed by atoms with van der Waals surface area (Å²) in [5, 5.41) is 0. The first-order valence-corrected chi connectivity index (χ1v) is 20.6. The molecule has 0 radical (unpaired) electrons. The molecule has 0 bridgehead atoms. The van der Waals surface area contributed by atoms with Crippen molar-refractivity contribution in [3.8, 4) is 67.9 Å². The second kappa shape index (κ2) is 12.9. The highest BCUT2D eigenvalue weighted by Crippen LogP contribution is 2.47. The normalized spacial score (nSPS) is 13.3. The molecule has 4 aliphatic rings. The number of para-hydroxylation sites is 3. The minimum absolute atomic E-state index is 0.0896. The topological polar surface area (TPSA) is 30.9 Å². The Morgan fingerprint density at radius 1 is 0.283 bits per heavy atom. The van der Waals surface area contributed by atoms with Crippen molar-refractivity contribution < 1.29 is 14.2 Å². The van der Waals surface area contributed by atoms with Gasteiger partial charge in [0.05, 0.1) is 5.69 Å². The van der Waals surface area contributed by atoms with E-state index in [1.165, 1.54) is 11.0 Å². The Balaban J connectivity index is 1.05. The maximum absolute atomic E-state index is 7.19. The number of fused-ring (bicyclic) bond motifs is 8. The molecule has 0 spiro atoms. The summed E-state index contributed by atoms with van der Waals surface area (Å²) >= 11 is 0. The summed E-state index contributed by atoms with van der Waals surface area (Å²) in [6, 6.07) is 71.2. The first-order chi connectivity index (χ1) is 29.7. The van der Waals surface area contributed by atoms with Gasteiger partial charge in [0.25, 0.3) is 13.4 Å². The SMILES string of the molecule is c1ccc(-c2cc3c4c(c2)Oc2cc5c(cc2B4c2ccccc2O3)B2c3ccccc3N(c3ccccc3-c3ccccc3)c3cc(-c4ccccc4)cc(c32)O5)cc1. The van der Waals surface area contributed by atoms with Crippen LogP contribution in [0.5, 0.6) is 34.5 Å². The number of nitrogens with zero attached hydrogens (tertiary/aromatic N) is 1. The number of anilines is 3. The van der Waals surface area contributed by atoms with Crippen molar-refractivity contribution in [3.63, 3.8) is 0 Å². The maximum Gasteiger partial charge on any atom is 0.260 e. The van der Waals surface area contributed by atoms with Gasteiger partial charge in [0.1, 0.15) is 34.5 Å². The van der Waals surface area contributed by atoms with E-state index < -0.39 is 0 Å². The highest BCUT2D eigenvalue weighted by Gasteiger charge is 2.46. The lowest BCUT2D eigenvalue weighted by atomic mass is 9.31. The van der Waals surface area contributed by atoms with Crippen LogP contribution in [0, 0.1) is 0 Å². The van der Waals surface area contributed by atoms with Gasteiger partial charge in [-0.25, -0.2) is 0 Å². The number of rotatable bonds is 4. The Bertz CT molecular complexity index is 3210. The van der Waals surface area contributed by atoms with Crippen molar-refractivity contribution in [2.24, 2.45) is 0 Å². The zero-order chi connectivity index (χ0) is 39.3. The van der Waals surface area contributed by atoms with Gasteiger partial charge >= 0.3 is 0 Å². The average molecular weight is 765 g/mol. The van der Waals surface area contributed by atoms with Crippen LogP contribution in [0.3, 0.4) is 0 Å². The van der Waals surface area contributed by atoms with Gasteiger partial charge in [-0.05, 0) is 97.6 Å². The van der Waals surface area contributed by atoms with Crippen LogP contribution in [-0.4, -0.2) is 13.4 Å². The summed E-state index contributed by atoms with van der Waals surface area (Å²) in [6.07, 6.45) is 0. The third kappa shape index (κ3) is 4.94. The Labute approximate surface area is 349 Å². The summed E-state index contributed by atoms with van der Waals surface area (Å²) < 4.78 is 20.9. The first kappa shape index (κ1) is 33.3. The molecule has 6 heteroatoms. The van der Waals surface area contributed by atoms with E-state index in [9.17, 15) is 0 Å². The number of ether oxygens (including phenoxy) is 3. The van der Waals surface area contributed by atoms with Gasteiger partial charge in [-0.1, -0.05) is 152 Å². The van der Waals surface area contributed by atoms with E-state index in [2.05, 4.69) is 199 Å². The quantitative estimate of drug-likeness (QED) is 0.167. The zero-order valence-corrected chi connectivity index (χ0v) is 32.4. The molecule has 0 atom stereocenters. The van der Waals surface area contributed by atoms with Crippen LogP contribution < -0.4 is 51.9 Å². The minimum atomic E-state index is -0.0957. The minimum Gasteiger partial charge on any atom is -0.458 e. The van der Waals surface area contributed by atoms with Gasteiger partial charge < -0.3 is 19.1 Å². The number of hydrogen-bond donors (Lipinski definition) is 0. The van der Waals surface area contributed by atoms with Crippen LogP contribution in [-0.2, 0) is 0 Å². The van der Waals surface area contributed by atoms with Crippen molar-refractivity contribution in [2.45, 2.75) is 0 Å². The lowest BCUT2D eigenvalue weighted by molar-refractivity contribution is 0.456. The lowest BCUT2D eigenvalue weighted by Crippen LogP contribution is -2.62. The number of benzene rings is 9. The van der Waals surface area contributed by atoms with Crippen LogP contribution >= 0.6 is 0 Å². The molecule has 0 unspecified atom stereocenters. The molecule has 9 aromatic carbocycles. The van der Waals surface area contributed by atoms with E-state index in [1.807, 2.05) is 6.07 Å². The van der Waals surface area contributed by atoms with Crippen LogP contribution in [0.15, 0.2) is 200 Å². The maximum atomic E-state index is 7.19. The third-order valence-corrected chi connectivity index (χ3v) is 12.6. The van der Waals surface area contributed by atoms with Crippen molar-refractivity contribution in [3.05, 3.63) is 200 Å². The predicted molar refractivity (Wildman–Crippen MR) is 246 cm³/mol. The summed E-state index contributed by atoms with van der Waals surface area (Å²) in [5.41, 5.74) is 16.9. The van der Waals surface area contributed by atoms with E-state index in [0.29, 0.717) is 0 Å². The van der Waals surface area contributed by atoms with E-state index in [4.69, 9.17) is 14.2 Å². The predicted octanol–water partition coefficient (Wildman–Crippen LogP) is 9.82. The molecule has 4 heterocycles. The summed E-state index contributed by atoms with van der Waals surface area (Å²) in [4.78, 5) is 2.46. The molecule has 0 aromatic heterocycles. The van der Waals surface area contributed by atoms with Crippen molar-refractivity contribution in [1.82, 2.24) is 0 Å². The Morgan fingerprint density at radius 2 is 0.767 bits per heavy atom. The fourth-order valence-electron chi connectivity index (χ4n) is 10.0. The highest BCUT2D eigenvalue weighted by molar-refractivity contribution is 7.01. The summed E-state index contributed by atoms with van der Waals surface area (Å²) in [5.74, 6) is 4.94. The molecule has 0 saturated carbocycles. The molecule has 4 nitrogen and oxygen atoms in total. The van der Waals surface area contributed by atoms with E-state index >= 15 is 0 Å². The molecule has 0 fully saturated rings. The Morgan fingerprint density at radius 3 is 1.43 bits per heavy atom. The Hall–Kier alpha value is -7.69. The summed E-state index contributed by atoms with van der Waals surface area (Å²) in [7, 11) is 0. The third-order valence-electron chi connectivity index (χ3n) is 12.6. The van der Waals surface area contributed by atoms with Crippen LogP contribution in [0.25, 0.3) is 33.4 Å². The molecular weight excluding hydrogens is 732 g/mol. The standard InChI is InChI=1S/C54H33B2NO3/c1-4-16-34(17-5-1)37-28-46-53-50(29-37)59-48-33-49-43(56-41-24-12-15-27-47(41)58-51-30-38(31-52(60-49)54(51)56)35-18-6-2-7-19-35)32-42(48)55(53)40-23-11-14-26-45(40)57(46)44-25-13-10-22-39(44)36-20-8-3-9-21-36/h1-33H. The second-order valence-electron chi connectivity index (χ2n) is 15.9. The molecule has 13 rings (SSSR count). The molecular formula is C54H33B2NO3. The molecule has 0 aliphatic carbocycles. The van der Waals surface area contributed by atoms with E-state index in [-0.39, 0.29) is 13.4 Å². The smallest absolute Gasteiger partial charge is 0.260 e. The fraction of sp³-hybridized carbons (Fsp3) is 0. The molecule has 60 heavy (non-hydrogen) atoms. The average Bonchev–Trinajstić information content (AvgIpc) is 3.31. The Kier molecular flexibility index (Phi) is 7.16. The van der Waals surface area contributed by atoms with Crippen molar-refractivity contribution in [1.29, 1.82) is 0 Å². The van der Waals surface area contributed by atoms with Crippen LogP contribution in [0.2, 0.25) is 0 Å². The van der Waals surface area contributed by atoms with Crippen LogP contribution in [0.1, 0.15) is 0 Å². The van der Waals surface area contributed by atoms with Gasteiger partial charge in [-0.3, -0.25) is 0 Å². The van der Waals surface area contributed by atoms with E-state index in [1.54, 1.807) is 0 Å². The van der Waals surface area contributed by atoms with Gasteiger partial charge in [0, 0.05) is 28.5 Å².